The van der Waals surface area contributed by atoms with Crippen LogP contribution in [0.3, 0.4) is 0 Å². The van der Waals surface area contributed by atoms with Crippen molar-refractivity contribution in [2.45, 2.75) is 29.9 Å². The summed E-state index contributed by atoms with van der Waals surface area (Å²) in [5.74, 6) is -0.409. The van der Waals surface area contributed by atoms with Crippen molar-refractivity contribution in [2.24, 2.45) is 5.41 Å². The molecule has 20 heavy (non-hydrogen) atoms. The zero-order chi connectivity index (χ0) is 15.0. The summed E-state index contributed by atoms with van der Waals surface area (Å²) in [5.41, 5.74) is 0.119. The molecule has 0 bridgehead atoms. The van der Waals surface area contributed by atoms with Crippen molar-refractivity contribution in [1.82, 2.24) is 4.98 Å². The fraction of sp³-hybridized carbons (Fsp3) is 0.583. The second-order valence-corrected chi connectivity index (χ2v) is 9.42. The summed E-state index contributed by atoms with van der Waals surface area (Å²) in [6, 6.07) is 0. The Morgan fingerprint density at radius 3 is 2.75 bits per heavy atom. The number of esters is 1. The minimum absolute atomic E-state index is 0.0942. The van der Waals surface area contributed by atoms with E-state index in [0.717, 1.165) is 0 Å². The van der Waals surface area contributed by atoms with Gasteiger partial charge in [-0.05, 0) is 20.3 Å². The van der Waals surface area contributed by atoms with E-state index in [2.05, 4.69) is 42.2 Å². The van der Waals surface area contributed by atoms with E-state index in [-0.39, 0.29) is 21.5 Å². The first-order valence-electron chi connectivity index (χ1n) is 6.08. The molecule has 2 rings (SSSR count). The molecule has 0 aromatic carbocycles. The van der Waals surface area contributed by atoms with Gasteiger partial charge in [0.1, 0.15) is 0 Å². The number of thiazole rings is 1. The fourth-order valence-corrected chi connectivity index (χ4v) is 3.87. The molecule has 110 valence electrons. The van der Waals surface area contributed by atoms with Crippen molar-refractivity contribution in [3.8, 4) is 0 Å². The number of hydrogen-bond donors (Lipinski definition) is 1. The first kappa shape index (κ1) is 15.9. The molecule has 8 heteroatoms. The maximum atomic E-state index is 12.1. The van der Waals surface area contributed by atoms with E-state index in [9.17, 15) is 9.59 Å². The second kappa shape index (κ2) is 5.73. The molecule has 0 radical (unpaired) electrons. The molecule has 1 heterocycles. The molecular formula is C12H14Br2N2O3S. The normalized spacial score (nSPS) is 23.2. The predicted octanol–water partition coefficient (Wildman–Crippen LogP) is 3.08. The van der Waals surface area contributed by atoms with E-state index >= 15 is 0 Å². The van der Waals surface area contributed by atoms with Gasteiger partial charge in [0.05, 0.1) is 27.4 Å². The summed E-state index contributed by atoms with van der Waals surface area (Å²) in [6.45, 7) is 3.98. The van der Waals surface area contributed by atoms with Crippen molar-refractivity contribution in [2.75, 3.05) is 11.9 Å². The van der Waals surface area contributed by atoms with Gasteiger partial charge in [-0.15, -0.1) is 11.3 Å². The quantitative estimate of drug-likeness (QED) is 0.581. The van der Waals surface area contributed by atoms with Gasteiger partial charge in [0.15, 0.2) is 5.13 Å². The Balaban J connectivity index is 1.94. The zero-order valence-corrected chi connectivity index (χ0v) is 15.0. The number of nitrogens with zero attached hydrogens (tertiary/aromatic N) is 1. The molecule has 1 amide bonds. The molecule has 5 nitrogen and oxygen atoms in total. The first-order chi connectivity index (χ1) is 9.28. The molecule has 1 aromatic heterocycles. The summed E-state index contributed by atoms with van der Waals surface area (Å²) >= 11 is 8.21. The van der Waals surface area contributed by atoms with Gasteiger partial charge in [-0.3, -0.25) is 9.59 Å². The lowest BCUT2D eigenvalue weighted by molar-refractivity contribution is -0.142. The van der Waals surface area contributed by atoms with Gasteiger partial charge in [0.25, 0.3) is 0 Å². The zero-order valence-electron chi connectivity index (χ0n) is 11.0. The van der Waals surface area contributed by atoms with Crippen LogP contribution in [0.1, 0.15) is 26.0 Å². The van der Waals surface area contributed by atoms with E-state index < -0.39 is 5.41 Å². The molecular weight excluding hydrogens is 412 g/mol. The van der Waals surface area contributed by atoms with Crippen molar-refractivity contribution in [3.63, 3.8) is 0 Å². The highest BCUT2D eigenvalue weighted by Gasteiger charge is 2.66. The number of hydrogen-bond acceptors (Lipinski definition) is 5. The van der Waals surface area contributed by atoms with Crippen molar-refractivity contribution in [1.29, 1.82) is 0 Å². The smallest absolute Gasteiger partial charge is 0.311 e. The number of anilines is 1. The maximum Gasteiger partial charge on any atom is 0.311 e. The molecule has 1 N–H and O–H groups in total. The van der Waals surface area contributed by atoms with Crippen LogP contribution in [0.4, 0.5) is 5.13 Å². The lowest BCUT2D eigenvalue weighted by Gasteiger charge is -2.10. The van der Waals surface area contributed by atoms with Gasteiger partial charge in [0.2, 0.25) is 5.91 Å². The number of carbonyl (C=O) groups is 2. The van der Waals surface area contributed by atoms with Crippen molar-refractivity contribution >= 4 is 60.2 Å². The Labute approximate surface area is 137 Å². The van der Waals surface area contributed by atoms with E-state index in [1.54, 1.807) is 12.3 Å². The monoisotopic (exact) mass is 424 g/mol. The number of rotatable bonds is 5. The number of aromatic nitrogens is 1. The third-order valence-electron chi connectivity index (χ3n) is 3.16. The molecule has 1 saturated carbocycles. The SMILES string of the molecule is CCOC(=O)Cc1csc(NC(=O)C2(C)CC2(Br)Br)n1. The Morgan fingerprint density at radius 2 is 2.20 bits per heavy atom. The molecule has 1 aliphatic carbocycles. The molecule has 0 aliphatic heterocycles. The average Bonchev–Trinajstić information content (AvgIpc) is 2.70. The summed E-state index contributed by atoms with van der Waals surface area (Å²) in [7, 11) is 0. The molecule has 1 fully saturated rings. The molecule has 1 aromatic rings. The Bertz CT molecular complexity index is 547. The summed E-state index contributed by atoms with van der Waals surface area (Å²) in [6.07, 6.45) is 0.838. The Morgan fingerprint density at radius 1 is 1.55 bits per heavy atom. The Kier molecular flexibility index (Phi) is 4.56. The van der Waals surface area contributed by atoms with Crippen molar-refractivity contribution < 1.29 is 14.3 Å². The van der Waals surface area contributed by atoms with Gasteiger partial charge in [0, 0.05) is 5.38 Å². The number of nitrogens with one attached hydrogen (secondary N) is 1. The van der Waals surface area contributed by atoms with E-state index in [0.29, 0.717) is 23.9 Å². The molecule has 1 aliphatic rings. The van der Waals surface area contributed by atoms with Crippen LogP contribution in [0.2, 0.25) is 0 Å². The van der Waals surface area contributed by atoms with Crippen LogP contribution in [0.15, 0.2) is 5.38 Å². The summed E-state index contributed by atoms with van der Waals surface area (Å²) in [4.78, 5) is 27.7. The van der Waals surface area contributed by atoms with Crippen LogP contribution < -0.4 is 5.32 Å². The highest BCUT2D eigenvalue weighted by Crippen LogP contribution is 2.66. The summed E-state index contributed by atoms with van der Waals surface area (Å²) < 4.78 is 4.52. The van der Waals surface area contributed by atoms with Crippen LogP contribution in [0, 0.1) is 5.41 Å². The van der Waals surface area contributed by atoms with Crippen LogP contribution in [0.25, 0.3) is 0 Å². The van der Waals surface area contributed by atoms with Gasteiger partial charge < -0.3 is 10.1 Å². The molecule has 0 spiro atoms. The second-order valence-electron chi connectivity index (χ2n) is 4.79. The van der Waals surface area contributed by atoms with E-state index in [1.165, 1.54) is 11.3 Å². The van der Waals surface area contributed by atoms with Crippen LogP contribution in [-0.4, -0.2) is 26.7 Å². The molecule has 1 unspecified atom stereocenters. The number of halogens is 2. The number of ether oxygens (including phenoxy) is 1. The standard InChI is InChI=1S/C12H14Br2N2O3S/c1-3-19-8(17)4-7-5-20-10(15-7)16-9(18)11(2)6-12(11,13)14/h5H,3-4,6H2,1-2H3,(H,15,16,18). The largest absolute Gasteiger partial charge is 0.466 e. The van der Waals surface area contributed by atoms with Gasteiger partial charge >= 0.3 is 5.97 Å². The number of carbonyl (C=O) groups excluding carboxylic acids is 2. The van der Waals surface area contributed by atoms with Gasteiger partial charge in [-0.2, -0.15) is 0 Å². The first-order valence-corrected chi connectivity index (χ1v) is 8.54. The molecule has 0 saturated heterocycles. The third kappa shape index (κ3) is 3.23. The lowest BCUT2D eigenvalue weighted by atomic mass is 10.1. The minimum Gasteiger partial charge on any atom is -0.466 e. The number of alkyl halides is 2. The average molecular weight is 426 g/mol. The topological polar surface area (TPSA) is 68.3 Å². The lowest BCUT2D eigenvalue weighted by Crippen LogP contribution is -2.25. The van der Waals surface area contributed by atoms with Gasteiger partial charge in [-0.25, -0.2) is 4.98 Å². The number of amides is 1. The maximum absolute atomic E-state index is 12.1. The third-order valence-corrected chi connectivity index (χ3v) is 6.28. The fourth-order valence-electron chi connectivity index (χ4n) is 1.69. The highest BCUT2D eigenvalue weighted by atomic mass is 79.9. The predicted molar refractivity (Wildman–Crippen MR) is 84.4 cm³/mol. The van der Waals surface area contributed by atoms with E-state index in [4.69, 9.17) is 4.74 Å². The molecule has 1 atom stereocenters. The van der Waals surface area contributed by atoms with Gasteiger partial charge in [-0.1, -0.05) is 31.9 Å². The van der Waals surface area contributed by atoms with Crippen LogP contribution in [-0.2, 0) is 20.7 Å². The van der Waals surface area contributed by atoms with Crippen molar-refractivity contribution in [3.05, 3.63) is 11.1 Å². The highest BCUT2D eigenvalue weighted by molar-refractivity contribution is 9.25. The van der Waals surface area contributed by atoms with Crippen LogP contribution >= 0.6 is 43.2 Å². The van der Waals surface area contributed by atoms with Crippen LogP contribution in [0.5, 0.6) is 0 Å². The summed E-state index contributed by atoms with van der Waals surface area (Å²) in [5, 5.41) is 5.03. The Hall–Kier alpha value is -0.470. The van der Waals surface area contributed by atoms with E-state index in [1.807, 2.05) is 6.92 Å². The minimum atomic E-state index is -0.486.